The van der Waals surface area contributed by atoms with Crippen LogP contribution in [-0.2, 0) is 0 Å². The number of fused-ring (bicyclic) bond motifs is 2. The highest BCUT2D eigenvalue weighted by Crippen LogP contribution is 2.28. The molecule has 0 saturated carbocycles. The smallest absolute Gasteiger partial charge is 0.347 e. The van der Waals surface area contributed by atoms with Crippen molar-refractivity contribution >= 4 is 27.7 Å². The fourth-order valence-electron chi connectivity index (χ4n) is 2.92. The number of benzene rings is 3. The lowest BCUT2D eigenvalue weighted by Crippen LogP contribution is -2.11. The number of ether oxygens (including phenoxy) is 2. The number of rotatable bonds is 4. The highest BCUT2D eigenvalue weighted by molar-refractivity contribution is 5.99. The molecule has 0 aliphatic heterocycles. The summed E-state index contributed by atoms with van der Waals surface area (Å²) in [6.45, 7) is 2.29. The maximum Gasteiger partial charge on any atom is 0.347 e. The zero-order chi connectivity index (χ0) is 18.8. The Morgan fingerprint density at radius 1 is 0.926 bits per heavy atom. The molecule has 0 aliphatic carbocycles. The molecule has 5 nitrogen and oxygen atoms in total. The van der Waals surface area contributed by atoms with Gasteiger partial charge in [-0.3, -0.25) is 0 Å². The molecule has 5 heteroatoms. The molecule has 4 rings (SSSR count). The van der Waals surface area contributed by atoms with Crippen molar-refractivity contribution in [2.45, 2.75) is 6.92 Å². The fraction of sp³-hybridized carbons (Fsp3) is 0.0909. The Morgan fingerprint density at radius 2 is 1.67 bits per heavy atom. The summed E-state index contributed by atoms with van der Waals surface area (Å²) in [6.07, 6.45) is 0. The van der Waals surface area contributed by atoms with Gasteiger partial charge >= 0.3 is 11.6 Å². The van der Waals surface area contributed by atoms with Crippen molar-refractivity contribution in [2.24, 2.45) is 0 Å². The van der Waals surface area contributed by atoms with Gasteiger partial charge in [-0.25, -0.2) is 9.59 Å². The predicted molar refractivity (Wildman–Crippen MR) is 103 cm³/mol. The van der Waals surface area contributed by atoms with Gasteiger partial charge in [-0.15, -0.1) is 0 Å². The Labute approximate surface area is 154 Å². The Bertz CT molecular complexity index is 1210. The van der Waals surface area contributed by atoms with Crippen LogP contribution in [0, 0.1) is 0 Å². The lowest BCUT2D eigenvalue weighted by atomic mass is 10.1. The van der Waals surface area contributed by atoms with E-state index in [1.807, 2.05) is 37.3 Å². The molecule has 0 radical (unpaired) electrons. The first-order chi connectivity index (χ1) is 13.1. The minimum atomic E-state index is -0.540. The molecule has 3 aromatic carbocycles. The van der Waals surface area contributed by atoms with E-state index in [4.69, 9.17) is 13.9 Å². The monoisotopic (exact) mass is 360 g/mol. The van der Waals surface area contributed by atoms with Crippen molar-refractivity contribution in [3.8, 4) is 11.5 Å². The summed E-state index contributed by atoms with van der Waals surface area (Å²) in [4.78, 5) is 24.2. The van der Waals surface area contributed by atoms with Gasteiger partial charge in [-0.2, -0.15) is 0 Å². The van der Waals surface area contributed by atoms with Crippen LogP contribution in [0.25, 0.3) is 21.7 Å². The maximum absolute atomic E-state index is 12.8. The van der Waals surface area contributed by atoms with Crippen LogP contribution in [0.1, 0.15) is 17.3 Å². The summed E-state index contributed by atoms with van der Waals surface area (Å²) < 4.78 is 16.3. The Morgan fingerprint density at radius 3 is 2.44 bits per heavy atom. The summed E-state index contributed by atoms with van der Waals surface area (Å²) in [6, 6.07) is 19.2. The number of carbonyl (C=O) groups is 1. The van der Waals surface area contributed by atoms with Gasteiger partial charge in [0.15, 0.2) is 0 Å². The molecule has 0 atom stereocenters. The second-order valence-corrected chi connectivity index (χ2v) is 5.97. The normalized spacial score (nSPS) is 10.9. The largest absolute Gasteiger partial charge is 0.493 e. The number of hydrogen-bond donors (Lipinski definition) is 0. The van der Waals surface area contributed by atoms with Crippen LogP contribution in [-0.4, -0.2) is 12.6 Å². The summed E-state index contributed by atoms with van der Waals surface area (Å²) >= 11 is 0. The van der Waals surface area contributed by atoms with Crippen molar-refractivity contribution in [1.29, 1.82) is 0 Å². The Kier molecular flexibility index (Phi) is 4.34. The number of carbonyl (C=O) groups excluding carboxylic acids is 1. The molecule has 0 unspecified atom stereocenters. The predicted octanol–water partition coefficient (Wildman–Crippen LogP) is 4.56. The van der Waals surface area contributed by atoms with Crippen LogP contribution < -0.4 is 15.1 Å². The van der Waals surface area contributed by atoms with Crippen molar-refractivity contribution in [2.75, 3.05) is 6.61 Å². The molecule has 27 heavy (non-hydrogen) atoms. The van der Waals surface area contributed by atoms with E-state index in [1.54, 1.807) is 24.3 Å². The molecule has 0 fully saturated rings. The van der Waals surface area contributed by atoms with E-state index in [9.17, 15) is 9.59 Å². The van der Waals surface area contributed by atoms with E-state index >= 15 is 0 Å². The van der Waals surface area contributed by atoms with Crippen LogP contribution in [0.5, 0.6) is 11.5 Å². The molecular weight excluding hydrogens is 344 g/mol. The third kappa shape index (κ3) is 3.40. The number of hydrogen-bond acceptors (Lipinski definition) is 5. The average molecular weight is 360 g/mol. The van der Waals surface area contributed by atoms with Crippen molar-refractivity contribution in [3.63, 3.8) is 0 Å². The zero-order valence-corrected chi connectivity index (χ0v) is 14.6. The molecule has 1 aromatic heterocycles. The van der Waals surface area contributed by atoms with E-state index < -0.39 is 11.6 Å². The first-order valence-corrected chi connectivity index (χ1v) is 8.56. The Hall–Kier alpha value is -3.60. The van der Waals surface area contributed by atoms with Crippen LogP contribution in [0.3, 0.4) is 0 Å². The highest BCUT2D eigenvalue weighted by Gasteiger charge is 2.17. The first kappa shape index (κ1) is 16.8. The topological polar surface area (TPSA) is 65.7 Å². The Balaban J connectivity index is 1.71. The standard InChI is InChI=1S/C22H16O5/c1-2-25-20-12-16-6-4-3-5-15(16)11-18(20)22(24)26-17-9-7-14-8-10-21(23)27-19(14)13-17/h3-13H,2H2,1H3. The van der Waals surface area contributed by atoms with Crippen molar-refractivity contribution in [3.05, 3.63) is 82.7 Å². The van der Waals surface area contributed by atoms with E-state index in [0.29, 0.717) is 23.5 Å². The highest BCUT2D eigenvalue weighted by atomic mass is 16.5. The van der Waals surface area contributed by atoms with Crippen molar-refractivity contribution < 1.29 is 18.7 Å². The fourth-order valence-corrected chi connectivity index (χ4v) is 2.92. The second kappa shape index (κ2) is 6.96. The van der Waals surface area contributed by atoms with E-state index in [1.165, 1.54) is 12.1 Å². The molecule has 4 aromatic rings. The maximum atomic E-state index is 12.8. The van der Waals surface area contributed by atoms with E-state index in [2.05, 4.69) is 0 Å². The average Bonchev–Trinajstić information content (AvgIpc) is 2.67. The molecule has 0 N–H and O–H groups in total. The van der Waals surface area contributed by atoms with Gasteiger partial charge in [-0.05, 0) is 48.0 Å². The SMILES string of the molecule is CCOc1cc2ccccc2cc1C(=O)Oc1ccc2ccc(=O)oc2c1. The molecule has 134 valence electrons. The molecule has 1 heterocycles. The lowest BCUT2D eigenvalue weighted by Gasteiger charge is -2.12. The van der Waals surface area contributed by atoms with Gasteiger partial charge in [0.25, 0.3) is 0 Å². The van der Waals surface area contributed by atoms with Gasteiger partial charge < -0.3 is 13.9 Å². The van der Waals surface area contributed by atoms with Crippen LogP contribution in [0.2, 0.25) is 0 Å². The minimum Gasteiger partial charge on any atom is -0.493 e. The zero-order valence-electron chi connectivity index (χ0n) is 14.6. The lowest BCUT2D eigenvalue weighted by molar-refractivity contribution is 0.0731. The number of esters is 1. The van der Waals surface area contributed by atoms with Gasteiger partial charge in [-0.1, -0.05) is 24.3 Å². The molecular formula is C22H16O5. The summed E-state index contributed by atoms with van der Waals surface area (Å²) in [5, 5.41) is 2.64. The van der Waals surface area contributed by atoms with E-state index in [0.717, 1.165) is 16.2 Å². The minimum absolute atomic E-state index is 0.289. The van der Waals surface area contributed by atoms with Crippen LogP contribution in [0.15, 0.2) is 75.9 Å². The van der Waals surface area contributed by atoms with Gasteiger partial charge in [0.05, 0.1) is 6.61 Å². The first-order valence-electron chi connectivity index (χ1n) is 8.56. The summed E-state index contributed by atoms with van der Waals surface area (Å²) in [7, 11) is 0. The molecule has 0 saturated heterocycles. The van der Waals surface area contributed by atoms with Gasteiger partial charge in [0.1, 0.15) is 22.6 Å². The molecule has 0 spiro atoms. The van der Waals surface area contributed by atoms with Gasteiger partial charge in [0, 0.05) is 17.5 Å². The molecule has 0 aliphatic rings. The van der Waals surface area contributed by atoms with Crippen LogP contribution in [0.4, 0.5) is 0 Å². The quantitative estimate of drug-likeness (QED) is 0.303. The second-order valence-electron chi connectivity index (χ2n) is 5.97. The van der Waals surface area contributed by atoms with Gasteiger partial charge in [0.2, 0.25) is 0 Å². The van der Waals surface area contributed by atoms with Crippen LogP contribution >= 0.6 is 0 Å². The van der Waals surface area contributed by atoms with Crippen molar-refractivity contribution in [1.82, 2.24) is 0 Å². The third-order valence-corrected chi connectivity index (χ3v) is 4.17. The molecule has 0 amide bonds. The van der Waals surface area contributed by atoms with E-state index in [-0.39, 0.29) is 5.75 Å². The summed E-state index contributed by atoms with van der Waals surface area (Å²) in [5.74, 6) is 0.216. The molecule has 0 bridgehead atoms. The third-order valence-electron chi connectivity index (χ3n) is 4.17. The summed E-state index contributed by atoms with van der Waals surface area (Å²) in [5.41, 5.74) is 0.237.